The summed E-state index contributed by atoms with van der Waals surface area (Å²) in [6, 6.07) is 53.1. The standard InChI is InChI=1S/C41H28S/c1-2-13-31(14-3-1)40-36-18-8-7-17-34(36)35(37-26-25-29-12-4-6-16-33(29)41(37)40)19-10-11-28-21-23-30(24-22-28)39-27-32-15-5-9-20-38(32)42-39/h1-10,12-27H,11H2/b19-10+. The predicted octanol–water partition coefficient (Wildman–Crippen LogP) is 12.0. The Morgan fingerprint density at radius 2 is 1.19 bits per heavy atom. The lowest BCUT2D eigenvalue weighted by Crippen LogP contribution is -1.91. The van der Waals surface area contributed by atoms with Gasteiger partial charge < -0.3 is 0 Å². The number of allylic oxidation sites excluding steroid dienone is 1. The molecule has 0 aliphatic heterocycles. The molecule has 0 saturated carbocycles. The maximum Gasteiger partial charge on any atom is 0.0355 e. The molecule has 42 heavy (non-hydrogen) atoms. The van der Waals surface area contributed by atoms with Crippen LogP contribution in [0.25, 0.3) is 70.0 Å². The molecular weight excluding hydrogens is 525 g/mol. The summed E-state index contributed by atoms with van der Waals surface area (Å²) in [6.07, 6.45) is 5.55. The molecule has 1 heteroatoms. The average molecular weight is 553 g/mol. The van der Waals surface area contributed by atoms with Crippen molar-refractivity contribution in [1.82, 2.24) is 0 Å². The minimum Gasteiger partial charge on any atom is -0.135 e. The molecule has 1 aromatic heterocycles. The fraction of sp³-hybridized carbons (Fsp3) is 0.0244. The second-order valence-corrected chi connectivity index (χ2v) is 11.9. The molecule has 0 aliphatic carbocycles. The van der Waals surface area contributed by atoms with E-state index in [0.29, 0.717) is 0 Å². The molecule has 0 saturated heterocycles. The minimum atomic E-state index is 0.885. The Labute approximate surface area is 249 Å². The number of benzene rings is 7. The van der Waals surface area contributed by atoms with Crippen molar-refractivity contribution in [2.75, 3.05) is 0 Å². The summed E-state index contributed by atoms with van der Waals surface area (Å²) in [5, 5.41) is 9.08. The van der Waals surface area contributed by atoms with Crippen molar-refractivity contribution in [3.05, 3.63) is 163 Å². The molecule has 0 bridgehead atoms. The van der Waals surface area contributed by atoms with Gasteiger partial charge in [-0.25, -0.2) is 0 Å². The molecule has 8 rings (SSSR count). The first kappa shape index (κ1) is 24.8. The van der Waals surface area contributed by atoms with Crippen molar-refractivity contribution in [1.29, 1.82) is 0 Å². The summed E-state index contributed by atoms with van der Waals surface area (Å²) in [6.45, 7) is 0. The van der Waals surface area contributed by atoms with Crippen molar-refractivity contribution in [2.45, 2.75) is 6.42 Å². The molecule has 1 heterocycles. The number of hydrogen-bond donors (Lipinski definition) is 0. The quantitative estimate of drug-likeness (QED) is 0.147. The van der Waals surface area contributed by atoms with E-state index in [0.717, 1.165) is 6.42 Å². The Morgan fingerprint density at radius 3 is 2.00 bits per heavy atom. The first-order valence-electron chi connectivity index (χ1n) is 14.5. The van der Waals surface area contributed by atoms with Crippen LogP contribution in [0.15, 0.2) is 152 Å². The van der Waals surface area contributed by atoms with Gasteiger partial charge in [0, 0.05) is 9.58 Å². The van der Waals surface area contributed by atoms with Gasteiger partial charge in [-0.2, -0.15) is 0 Å². The zero-order valence-electron chi connectivity index (χ0n) is 23.1. The highest BCUT2D eigenvalue weighted by Crippen LogP contribution is 2.43. The summed E-state index contributed by atoms with van der Waals surface area (Å²) in [5.74, 6) is 0. The van der Waals surface area contributed by atoms with Crippen molar-refractivity contribution < 1.29 is 0 Å². The van der Waals surface area contributed by atoms with Crippen LogP contribution in [-0.4, -0.2) is 0 Å². The van der Waals surface area contributed by atoms with Crippen LogP contribution in [0, 0.1) is 0 Å². The van der Waals surface area contributed by atoms with Crippen LogP contribution in [0.4, 0.5) is 0 Å². The van der Waals surface area contributed by atoms with Gasteiger partial charge in [0.25, 0.3) is 0 Å². The van der Waals surface area contributed by atoms with Crippen molar-refractivity contribution in [2.24, 2.45) is 0 Å². The van der Waals surface area contributed by atoms with Gasteiger partial charge in [0.05, 0.1) is 0 Å². The van der Waals surface area contributed by atoms with Crippen molar-refractivity contribution >= 4 is 59.8 Å². The molecule has 0 fully saturated rings. The Morgan fingerprint density at radius 1 is 0.500 bits per heavy atom. The van der Waals surface area contributed by atoms with E-state index in [-0.39, 0.29) is 0 Å². The van der Waals surface area contributed by atoms with E-state index in [1.54, 1.807) is 0 Å². The van der Waals surface area contributed by atoms with Crippen LogP contribution in [0.3, 0.4) is 0 Å². The van der Waals surface area contributed by atoms with Gasteiger partial charge in [-0.3, -0.25) is 0 Å². The number of rotatable bonds is 5. The highest BCUT2D eigenvalue weighted by atomic mass is 32.1. The topological polar surface area (TPSA) is 0 Å². The van der Waals surface area contributed by atoms with E-state index >= 15 is 0 Å². The Kier molecular flexibility index (Phi) is 6.17. The molecule has 0 spiro atoms. The van der Waals surface area contributed by atoms with Crippen LogP contribution in [0.1, 0.15) is 11.1 Å². The first-order chi connectivity index (χ1) is 20.8. The van der Waals surface area contributed by atoms with E-state index in [1.807, 2.05) is 11.3 Å². The summed E-state index contributed by atoms with van der Waals surface area (Å²) < 4.78 is 1.34. The molecule has 0 atom stereocenters. The van der Waals surface area contributed by atoms with Gasteiger partial charge in [-0.05, 0) is 84.1 Å². The van der Waals surface area contributed by atoms with Crippen LogP contribution in [0.2, 0.25) is 0 Å². The summed E-state index contributed by atoms with van der Waals surface area (Å²) in [7, 11) is 0. The molecule has 0 aliphatic rings. The molecular formula is C41H28S. The van der Waals surface area contributed by atoms with Gasteiger partial charge in [0.2, 0.25) is 0 Å². The molecule has 0 unspecified atom stereocenters. The summed E-state index contributed by atoms with van der Waals surface area (Å²) >= 11 is 1.86. The molecule has 198 valence electrons. The maximum atomic E-state index is 2.34. The molecule has 0 amide bonds. The second kappa shape index (κ2) is 10.4. The monoisotopic (exact) mass is 552 g/mol. The SMILES string of the molecule is C(=C\c1c2ccccc2c(-c2ccccc2)c2c1ccc1ccccc12)/Cc1ccc(-c2cc3ccccc3s2)cc1. The van der Waals surface area contributed by atoms with E-state index < -0.39 is 0 Å². The normalized spacial score (nSPS) is 11.8. The molecule has 0 N–H and O–H groups in total. The average Bonchev–Trinajstić information content (AvgIpc) is 3.50. The van der Waals surface area contributed by atoms with Crippen molar-refractivity contribution in [3.8, 4) is 21.6 Å². The fourth-order valence-electron chi connectivity index (χ4n) is 6.31. The highest BCUT2D eigenvalue weighted by Gasteiger charge is 2.16. The Hall–Kier alpha value is -4.98. The summed E-state index contributed by atoms with van der Waals surface area (Å²) in [4.78, 5) is 1.32. The lowest BCUT2D eigenvalue weighted by Gasteiger charge is -2.17. The third-order valence-corrected chi connectivity index (χ3v) is 9.49. The molecule has 7 aromatic carbocycles. The lowest BCUT2D eigenvalue weighted by atomic mass is 9.86. The predicted molar refractivity (Wildman–Crippen MR) is 184 cm³/mol. The van der Waals surface area contributed by atoms with Crippen LogP contribution in [0.5, 0.6) is 0 Å². The Bertz CT molecular complexity index is 2220. The number of thiophene rings is 1. The van der Waals surface area contributed by atoms with E-state index in [9.17, 15) is 0 Å². The maximum absolute atomic E-state index is 2.34. The van der Waals surface area contributed by atoms with Crippen LogP contribution in [-0.2, 0) is 6.42 Å². The summed E-state index contributed by atoms with van der Waals surface area (Å²) in [5.41, 5.74) is 6.45. The van der Waals surface area contributed by atoms with E-state index in [2.05, 4.69) is 158 Å². The zero-order valence-corrected chi connectivity index (χ0v) is 23.9. The zero-order chi connectivity index (χ0) is 27.9. The number of fused-ring (bicyclic) bond motifs is 5. The third kappa shape index (κ3) is 4.31. The molecule has 8 aromatic rings. The Balaban J connectivity index is 1.22. The van der Waals surface area contributed by atoms with Gasteiger partial charge in [0.1, 0.15) is 0 Å². The largest absolute Gasteiger partial charge is 0.135 e. The lowest BCUT2D eigenvalue weighted by molar-refractivity contribution is 1.28. The van der Waals surface area contributed by atoms with Crippen molar-refractivity contribution in [3.63, 3.8) is 0 Å². The first-order valence-corrected chi connectivity index (χ1v) is 15.3. The van der Waals surface area contributed by atoms with Gasteiger partial charge >= 0.3 is 0 Å². The fourth-order valence-corrected chi connectivity index (χ4v) is 7.38. The van der Waals surface area contributed by atoms with Gasteiger partial charge in [0.15, 0.2) is 0 Å². The smallest absolute Gasteiger partial charge is 0.0355 e. The minimum absolute atomic E-state index is 0.885. The second-order valence-electron chi connectivity index (χ2n) is 10.9. The highest BCUT2D eigenvalue weighted by molar-refractivity contribution is 7.22. The van der Waals surface area contributed by atoms with E-state index in [4.69, 9.17) is 0 Å². The van der Waals surface area contributed by atoms with E-state index in [1.165, 1.54) is 75.1 Å². The molecule has 0 radical (unpaired) electrons. The van der Waals surface area contributed by atoms with Crippen LogP contribution < -0.4 is 0 Å². The van der Waals surface area contributed by atoms with Gasteiger partial charge in [-0.1, -0.05) is 146 Å². The van der Waals surface area contributed by atoms with Gasteiger partial charge in [-0.15, -0.1) is 11.3 Å². The third-order valence-electron chi connectivity index (χ3n) is 8.32. The van der Waals surface area contributed by atoms with Crippen LogP contribution >= 0.6 is 11.3 Å². The molecule has 0 nitrogen and oxygen atoms in total. The number of hydrogen-bond acceptors (Lipinski definition) is 1.